The number of phenols is 2. The van der Waals surface area contributed by atoms with Gasteiger partial charge < -0.3 is 15.3 Å². The van der Waals surface area contributed by atoms with Crippen LogP contribution in [0, 0.1) is 0 Å². The molecule has 1 aromatic rings. The molecule has 0 fully saturated rings. The molecule has 0 amide bonds. The Balaban J connectivity index is 3.40. The van der Waals surface area contributed by atoms with Crippen molar-refractivity contribution in [3.05, 3.63) is 46.1 Å². The van der Waals surface area contributed by atoms with Gasteiger partial charge in [0.25, 0.3) is 0 Å². The van der Waals surface area contributed by atoms with Crippen LogP contribution in [-0.2, 0) is 12.8 Å². The van der Waals surface area contributed by atoms with Crippen molar-refractivity contribution >= 4 is 0 Å². The van der Waals surface area contributed by atoms with E-state index in [9.17, 15) is 15.3 Å². The van der Waals surface area contributed by atoms with Crippen molar-refractivity contribution < 1.29 is 15.3 Å². The van der Waals surface area contributed by atoms with Crippen LogP contribution >= 0.6 is 0 Å². The first kappa shape index (κ1) is 19.3. The lowest BCUT2D eigenvalue weighted by Gasteiger charge is -2.18. The number of hydrogen-bond donors (Lipinski definition) is 3. The van der Waals surface area contributed by atoms with Crippen LogP contribution in [0.15, 0.2) is 29.4 Å². The summed E-state index contributed by atoms with van der Waals surface area (Å²) in [6, 6.07) is 1.73. The molecule has 3 N–H and O–H groups in total. The van der Waals surface area contributed by atoms with Crippen LogP contribution in [0.3, 0.4) is 0 Å². The third kappa shape index (κ3) is 5.43. The standard InChI is InChI=1S/C20H30O3/c1-6-7-18(21)17-12-15(10-8-13(2)3)19(22)16(20(17)23)11-9-14(4)5/h8-9,12,18,21-23H,6-7,10-11H2,1-5H3. The number of benzene rings is 1. The Morgan fingerprint density at radius 2 is 1.57 bits per heavy atom. The summed E-state index contributed by atoms with van der Waals surface area (Å²) >= 11 is 0. The second-order valence-electron chi connectivity index (χ2n) is 6.58. The molecular weight excluding hydrogens is 288 g/mol. The van der Waals surface area contributed by atoms with Gasteiger partial charge in [-0.15, -0.1) is 0 Å². The SMILES string of the molecule is CCCC(O)c1cc(CC=C(C)C)c(O)c(CC=C(C)C)c1O. The van der Waals surface area contributed by atoms with Gasteiger partial charge in [0.2, 0.25) is 0 Å². The first-order valence-electron chi connectivity index (χ1n) is 8.29. The number of aliphatic hydroxyl groups is 1. The van der Waals surface area contributed by atoms with Crippen molar-refractivity contribution in [2.45, 2.75) is 66.4 Å². The maximum absolute atomic E-state index is 10.5. The molecule has 1 unspecified atom stereocenters. The molecule has 0 saturated carbocycles. The summed E-state index contributed by atoms with van der Waals surface area (Å²) in [6.45, 7) is 9.97. The molecule has 0 radical (unpaired) electrons. The monoisotopic (exact) mass is 318 g/mol. The van der Waals surface area contributed by atoms with Gasteiger partial charge in [-0.1, -0.05) is 36.6 Å². The number of allylic oxidation sites excluding steroid dienone is 4. The maximum Gasteiger partial charge on any atom is 0.128 e. The molecule has 3 heteroatoms. The van der Waals surface area contributed by atoms with E-state index in [0.29, 0.717) is 30.4 Å². The molecule has 0 saturated heterocycles. The topological polar surface area (TPSA) is 60.7 Å². The van der Waals surface area contributed by atoms with Crippen molar-refractivity contribution in [3.8, 4) is 11.5 Å². The summed E-state index contributed by atoms with van der Waals surface area (Å²) in [5.74, 6) is 0.145. The van der Waals surface area contributed by atoms with E-state index >= 15 is 0 Å². The largest absolute Gasteiger partial charge is 0.507 e. The minimum absolute atomic E-state index is 0.0156. The molecule has 0 bridgehead atoms. The summed E-state index contributed by atoms with van der Waals surface area (Å²) in [6.07, 6.45) is 5.74. The zero-order chi connectivity index (χ0) is 17.6. The van der Waals surface area contributed by atoms with Gasteiger partial charge in [-0.2, -0.15) is 0 Å². The predicted octanol–water partition coefficient (Wildman–Crippen LogP) is 4.95. The molecule has 1 aromatic carbocycles. The van der Waals surface area contributed by atoms with E-state index in [-0.39, 0.29) is 11.5 Å². The molecule has 3 nitrogen and oxygen atoms in total. The summed E-state index contributed by atoms with van der Waals surface area (Å²) in [5, 5.41) is 31.4. The van der Waals surface area contributed by atoms with Crippen LogP contribution < -0.4 is 0 Å². The molecule has 0 spiro atoms. The van der Waals surface area contributed by atoms with E-state index in [0.717, 1.165) is 17.6 Å². The fourth-order valence-corrected chi connectivity index (χ4v) is 2.46. The van der Waals surface area contributed by atoms with Crippen molar-refractivity contribution in [3.63, 3.8) is 0 Å². The van der Waals surface area contributed by atoms with Gasteiger partial charge in [0.1, 0.15) is 11.5 Å². The number of aromatic hydroxyl groups is 2. The third-order valence-corrected chi connectivity index (χ3v) is 3.84. The van der Waals surface area contributed by atoms with E-state index in [1.165, 1.54) is 5.57 Å². The van der Waals surface area contributed by atoms with Crippen molar-refractivity contribution in [2.75, 3.05) is 0 Å². The highest BCUT2D eigenvalue weighted by Gasteiger charge is 2.20. The predicted molar refractivity (Wildman–Crippen MR) is 95.9 cm³/mol. The number of aliphatic hydroxyl groups excluding tert-OH is 1. The van der Waals surface area contributed by atoms with Gasteiger partial charge in [0.15, 0.2) is 0 Å². The van der Waals surface area contributed by atoms with E-state index in [4.69, 9.17) is 0 Å². The van der Waals surface area contributed by atoms with Gasteiger partial charge >= 0.3 is 0 Å². The zero-order valence-corrected chi connectivity index (χ0v) is 15.0. The lowest BCUT2D eigenvalue weighted by atomic mass is 9.93. The van der Waals surface area contributed by atoms with Crippen LogP contribution in [0.5, 0.6) is 11.5 Å². The highest BCUT2D eigenvalue weighted by atomic mass is 16.3. The van der Waals surface area contributed by atoms with Gasteiger partial charge in [0.05, 0.1) is 6.10 Å². The van der Waals surface area contributed by atoms with E-state index < -0.39 is 6.10 Å². The second-order valence-corrected chi connectivity index (χ2v) is 6.58. The minimum atomic E-state index is -0.712. The van der Waals surface area contributed by atoms with E-state index in [1.54, 1.807) is 6.07 Å². The van der Waals surface area contributed by atoms with Gasteiger partial charge in [-0.25, -0.2) is 0 Å². The second kappa shape index (κ2) is 8.78. The average molecular weight is 318 g/mol. The van der Waals surface area contributed by atoms with Crippen molar-refractivity contribution in [2.24, 2.45) is 0 Å². The van der Waals surface area contributed by atoms with Gasteiger partial charge in [-0.3, -0.25) is 0 Å². The van der Waals surface area contributed by atoms with E-state index in [1.807, 2.05) is 46.8 Å². The summed E-state index contributed by atoms with van der Waals surface area (Å²) in [4.78, 5) is 0. The Labute approximate surface area is 140 Å². The molecule has 0 aliphatic rings. The highest BCUT2D eigenvalue weighted by molar-refractivity contribution is 5.55. The fraction of sp³-hybridized carbons (Fsp3) is 0.500. The average Bonchev–Trinajstić information content (AvgIpc) is 2.46. The maximum atomic E-state index is 10.5. The Kier molecular flexibility index (Phi) is 7.37. The van der Waals surface area contributed by atoms with E-state index in [2.05, 4.69) is 0 Å². The van der Waals surface area contributed by atoms with Crippen LogP contribution in [0.1, 0.15) is 70.3 Å². The Morgan fingerprint density at radius 3 is 2.09 bits per heavy atom. The fourth-order valence-electron chi connectivity index (χ4n) is 2.46. The van der Waals surface area contributed by atoms with Crippen LogP contribution in [0.2, 0.25) is 0 Å². The molecule has 0 heterocycles. The molecule has 1 rings (SSSR count). The van der Waals surface area contributed by atoms with Crippen LogP contribution in [0.25, 0.3) is 0 Å². The van der Waals surface area contributed by atoms with Crippen LogP contribution in [-0.4, -0.2) is 15.3 Å². The first-order chi connectivity index (χ1) is 10.8. The summed E-state index contributed by atoms with van der Waals surface area (Å²) < 4.78 is 0. The Morgan fingerprint density at radius 1 is 1.00 bits per heavy atom. The lowest BCUT2D eigenvalue weighted by molar-refractivity contribution is 0.162. The van der Waals surface area contributed by atoms with Crippen molar-refractivity contribution in [1.29, 1.82) is 0 Å². The zero-order valence-electron chi connectivity index (χ0n) is 15.0. The molecule has 1 atom stereocenters. The normalized spacial score (nSPS) is 11.9. The smallest absolute Gasteiger partial charge is 0.128 e. The molecular formula is C20H30O3. The molecule has 0 aromatic heterocycles. The molecule has 0 aliphatic carbocycles. The highest BCUT2D eigenvalue weighted by Crippen LogP contribution is 2.39. The Hall–Kier alpha value is -1.74. The third-order valence-electron chi connectivity index (χ3n) is 3.84. The van der Waals surface area contributed by atoms with Crippen LogP contribution in [0.4, 0.5) is 0 Å². The molecule has 0 aliphatic heterocycles. The number of phenolic OH excluding ortho intramolecular Hbond substituents is 2. The molecule has 23 heavy (non-hydrogen) atoms. The minimum Gasteiger partial charge on any atom is -0.507 e. The van der Waals surface area contributed by atoms with Gasteiger partial charge in [-0.05, 0) is 58.6 Å². The van der Waals surface area contributed by atoms with Gasteiger partial charge in [0, 0.05) is 11.1 Å². The molecule has 128 valence electrons. The number of rotatable bonds is 7. The van der Waals surface area contributed by atoms with Crippen molar-refractivity contribution in [1.82, 2.24) is 0 Å². The lowest BCUT2D eigenvalue weighted by Crippen LogP contribution is -2.02. The quantitative estimate of drug-likeness (QED) is 0.623. The summed E-state index contributed by atoms with van der Waals surface area (Å²) in [5.41, 5.74) is 4.04. The Bertz CT molecular complexity index is 589. The number of hydrogen-bond acceptors (Lipinski definition) is 3. The first-order valence-corrected chi connectivity index (χ1v) is 8.29. The summed E-state index contributed by atoms with van der Waals surface area (Å²) in [7, 11) is 0.